The molecule has 178 valence electrons. The van der Waals surface area contributed by atoms with Crippen LogP contribution in [0.25, 0.3) is 17.1 Å². The van der Waals surface area contributed by atoms with Crippen molar-refractivity contribution in [3.63, 3.8) is 0 Å². The summed E-state index contributed by atoms with van der Waals surface area (Å²) >= 11 is 4.73. The van der Waals surface area contributed by atoms with E-state index in [0.717, 1.165) is 21.3 Å². The number of carbonyl (C=O) groups is 1. The van der Waals surface area contributed by atoms with E-state index >= 15 is 0 Å². The van der Waals surface area contributed by atoms with E-state index in [4.69, 9.17) is 9.47 Å². The van der Waals surface area contributed by atoms with Gasteiger partial charge >= 0.3 is 0 Å². The van der Waals surface area contributed by atoms with E-state index in [0.29, 0.717) is 22.5 Å². The SMILES string of the molecule is COc1ccc(/C=N\NC(=O)CSc2nnc(-c3ccncc3)n2-c2ccc(Br)cc2)cc1OC. The van der Waals surface area contributed by atoms with Crippen LogP contribution in [0, 0.1) is 0 Å². The normalized spacial score (nSPS) is 10.9. The standard InChI is InChI=1S/C24H21BrN6O3S/c1-33-20-8-3-16(13-21(20)34-2)14-27-28-22(32)15-35-24-30-29-23(17-9-11-26-12-10-17)31(24)19-6-4-18(25)5-7-19/h3-14H,15H2,1-2H3,(H,28,32)/b27-14-. The van der Waals surface area contributed by atoms with Gasteiger partial charge in [-0.3, -0.25) is 14.3 Å². The Labute approximate surface area is 214 Å². The molecule has 0 saturated carbocycles. The lowest BCUT2D eigenvalue weighted by atomic mass is 10.2. The Hall–Kier alpha value is -3.70. The number of hydrazone groups is 1. The summed E-state index contributed by atoms with van der Waals surface area (Å²) in [6.45, 7) is 0. The van der Waals surface area contributed by atoms with Gasteiger partial charge in [0.05, 0.1) is 26.2 Å². The first-order chi connectivity index (χ1) is 17.1. The van der Waals surface area contributed by atoms with Crippen molar-refractivity contribution >= 4 is 39.8 Å². The van der Waals surface area contributed by atoms with Crippen molar-refractivity contribution in [2.24, 2.45) is 5.10 Å². The van der Waals surface area contributed by atoms with Crippen LogP contribution in [0.4, 0.5) is 0 Å². The summed E-state index contributed by atoms with van der Waals surface area (Å²) < 4.78 is 13.4. The summed E-state index contributed by atoms with van der Waals surface area (Å²) in [5.41, 5.74) is 5.04. The van der Waals surface area contributed by atoms with Gasteiger partial charge < -0.3 is 9.47 Å². The minimum atomic E-state index is -0.275. The van der Waals surface area contributed by atoms with Crippen molar-refractivity contribution in [1.29, 1.82) is 0 Å². The van der Waals surface area contributed by atoms with Crippen LogP contribution in [-0.2, 0) is 4.79 Å². The molecule has 0 radical (unpaired) electrons. The Morgan fingerprint density at radius 3 is 2.51 bits per heavy atom. The molecule has 2 heterocycles. The number of rotatable bonds is 9. The van der Waals surface area contributed by atoms with Crippen molar-refractivity contribution in [3.05, 3.63) is 77.0 Å². The number of hydrogen-bond acceptors (Lipinski definition) is 8. The smallest absolute Gasteiger partial charge is 0.250 e. The van der Waals surface area contributed by atoms with E-state index < -0.39 is 0 Å². The van der Waals surface area contributed by atoms with E-state index in [1.54, 1.807) is 38.7 Å². The summed E-state index contributed by atoms with van der Waals surface area (Å²) in [6.07, 6.45) is 4.94. The van der Waals surface area contributed by atoms with E-state index in [-0.39, 0.29) is 11.7 Å². The van der Waals surface area contributed by atoms with Gasteiger partial charge in [-0.1, -0.05) is 27.7 Å². The van der Waals surface area contributed by atoms with Crippen LogP contribution in [0.1, 0.15) is 5.56 Å². The number of carbonyl (C=O) groups excluding carboxylic acids is 1. The molecule has 4 rings (SSSR count). The van der Waals surface area contributed by atoms with Crippen LogP contribution < -0.4 is 14.9 Å². The van der Waals surface area contributed by atoms with Gasteiger partial charge in [-0.15, -0.1) is 10.2 Å². The Kier molecular flexibility index (Phi) is 8.11. The fourth-order valence-electron chi connectivity index (χ4n) is 3.15. The molecule has 35 heavy (non-hydrogen) atoms. The maximum absolute atomic E-state index is 12.4. The largest absolute Gasteiger partial charge is 0.493 e. The highest BCUT2D eigenvalue weighted by Gasteiger charge is 2.17. The van der Waals surface area contributed by atoms with Crippen molar-refractivity contribution < 1.29 is 14.3 Å². The Morgan fingerprint density at radius 1 is 1.06 bits per heavy atom. The average Bonchev–Trinajstić information content (AvgIpc) is 3.32. The molecule has 0 bridgehead atoms. The fraction of sp³-hybridized carbons (Fsp3) is 0.125. The molecule has 1 N–H and O–H groups in total. The third kappa shape index (κ3) is 6.06. The minimum Gasteiger partial charge on any atom is -0.493 e. The molecule has 9 nitrogen and oxygen atoms in total. The summed E-state index contributed by atoms with van der Waals surface area (Å²) in [4.78, 5) is 16.5. The molecule has 0 unspecified atom stereocenters. The third-order valence-corrected chi connectivity index (χ3v) is 6.26. The van der Waals surface area contributed by atoms with Gasteiger partial charge in [-0.2, -0.15) is 5.10 Å². The molecule has 2 aromatic carbocycles. The third-order valence-electron chi connectivity index (χ3n) is 4.80. The Balaban J connectivity index is 1.46. The maximum atomic E-state index is 12.4. The lowest BCUT2D eigenvalue weighted by molar-refractivity contribution is -0.118. The molecule has 0 fully saturated rings. The van der Waals surface area contributed by atoms with Gasteiger partial charge in [0.1, 0.15) is 0 Å². The number of aromatic nitrogens is 4. The topological polar surface area (TPSA) is 104 Å². The van der Waals surface area contributed by atoms with Crippen molar-refractivity contribution in [1.82, 2.24) is 25.2 Å². The predicted molar refractivity (Wildman–Crippen MR) is 138 cm³/mol. The first-order valence-electron chi connectivity index (χ1n) is 10.4. The Bertz CT molecular complexity index is 1330. The monoisotopic (exact) mass is 552 g/mol. The lowest BCUT2D eigenvalue weighted by Crippen LogP contribution is -2.20. The highest BCUT2D eigenvalue weighted by Crippen LogP contribution is 2.29. The number of benzene rings is 2. The minimum absolute atomic E-state index is 0.105. The van der Waals surface area contributed by atoms with Crippen LogP contribution in [0.5, 0.6) is 11.5 Å². The maximum Gasteiger partial charge on any atom is 0.250 e. The van der Waals surface area contributed by atoms with Gasteiger partial charge in [0, 0.05) is 28.1 Å². The van der Waals surface area contributed by atoms with Crippen molar-refractivity contribution in [2.75, 3.05) is 20.0 Å². The molecular formula is C24H21BrN6O3S. The molecule has 0 aliphatic rings. The van der Waals surface area contributed by atoms with Crippen LogP contribution in [0.3, 0.4) is 0 Å². The summed E-state index contributed by atoms with van der Waals surface area (Å²) in [5, 5.41) is 13.3. The van der Waals surface area contributed by atoms with Gasteiger partial charge in [0.15, 0.2) is 22.5 Å². The Morgan fingerprint density at radius 2 is 1.80 bits per heavy atom. The van der Waals surface area contributed by atoms with Gasteiger partial charge in [0.2, 0.25) is 0 Å². The van der Waals surface area contributed by atoms with Crippen molar-refractivity contribution in [2.45, 2.75) is 5.16 Å². The molecule has 4 aromatic rings. The summed E-state index contributed by atoms with van der Waals surface area (Å²) in [5.74, 6) is 1.68. The molecule has 1 amide bonds. The average molecular weight is 553 g/mol. The second kappa shape index (κ2) is 11.6. The first-order valence-corrected chi connectivity index (χ1v) is 12.2. The number of nitrogens with one attached hydrogen (secondary N) is 1. The fourth-order valence-corrected chi connectivity index (χ4v) is 4.16. The molecule has 0 aliphatic heterocycles. The predicted octanol–water partition coefficient (Wildman–Crippen LogP) is 4.35. The number of methoxy groups -OCH3 is 2. The van der Waals surface area contributed by atoms with Gasteiger partial charge in [-0.05, 0) is 60.2 Å². The molecule has 0 spiro atoms. The number of ether oxygens (including phenoxy) is 2. The van der Waals surface area contributed by atoms with E-state index in [1.165, 1.54) is 18.0 Å². The van der Waals surface area contributed by atoms with Gasteiger partial charge in [-0.25, -0.2) is 5.43 Å². The van der Waals surface area contributed by atoms with Crippen LogP contribution in [0.2, 0.25) is 0 Å². The molecule has 2 aromatic heterocycles. The zero-order chi connectivity index (χ0) is 24.6. The number of nitrogens with zero attached hydrogens (tertiary/aromatic N) is 5. The number of thioether (sulfide) groups is 1. The van der Waals surface area contributed by atoms with Crippen molar-refractivity contribution in [3.8, 4) is 28.6 Å². The van der Waals surface area contributed by atoms with E-state index in [1.807, 2.05) is 47.0 Å². The highest BCUT2D eigenvalue weighted by atomic mass is 79.9. The number of amides is 1. The molecule has 11 heteroatoms. The molecule has 0 aliphatic carbocycles. The number of hydrogen-bond donors (Lipinski definition) is 1. The summed E-state index contributed by atoms with van der Waals surface area (Å²) in [7, 11) is 3.13. The number of pyridine rings is 1. The zero-order valence-electron chi connectivity index (χ0n) is 18.9. The van der Waals surface area contributed by atoms with Crippen LogP contribution in [-0.4, -0.2) is 51.8 Å². The second-order valence-electron chi connectivity index (χ2n) is 7.05. The van der Waals surface area contributed by atoms with Crippen LogP contribution in [0.15, 0.2) is 81.7 Å². The zero-order valence-corrected chi connectivity index (χ0v) is 21.3. The lowest BCUT2D eigenvalue weighted by Gasteiger charge is -2.10. The van der Waals surface area contributed by atoms with E-state index in [9.17, 15) is 4.79 Å². The summed E-state index contributed by atoms with van der Waals surface area (Å²) in [6, 6.07) is 16.9. The first kappa shape index (κ1) is 24.4. The molecule has 0 atom stereocenters. The quantitative estimate of drug-likeness (QED) is 0.187. The highest BCUT2D eigenvalue weighted by molar-refractivity contribution is 9.10. The number of halogens is 1. The molecule has 0 saturated heterocycles. The van der Waals surface area contributed by atoms with Gasteiger partial charge in [0.25, 0.3) is 5.91 Å². The van der Waals surface area contributed by atoms with Crippen LogP contribution >= 0.6 is 27.7 Å². The van der Waals surface area contributed by atoms with E-state index in [2.05, 4.69) is 41.6 Å². The molecular weight excluding hydrogens is 532 g/mol. The second-order valence-corrected chi connectivity index (χ2v) is 8.91.